The molecule has 0 amide bonds. The number of ether oxygens (including phenoxy) is 2. The normalized spacial score (nSPS) is 12.4. The summed E-state index contributed by atoms with van der Waals surface area (Å²) in [5.74, 6) is 0. The summed E-state index contributed by atoms with van der Waals surface area (Å²) < 4.78 is 10.9. The van der Waals surface area contributed by atoms with Gasteiger partial charge in [0.25, 0.3) is 0 Å². The molecule has 0 aliphatic rings. The monoisotopic (exact) mass is 217 g/mol. The van der Waals surface area contributed by atoms with Crippen LogP contribution in [0.15, 0.2) is 0 Å². The SMILES string of the molecule is CC(C)OCCCOCCNC(C)(C)C. The van der Waals surface area contributed by atoms with Crippen LogP contribution in [0.1, 0.15) is 41.0 Å². The van der Waals surface area contributed by atoms with Gasteiger partial charge in [-0.1, -0.05) is 0 Å². The number of hydrogen-bond acceptors (Lipinski definition) is 3. The minimum absolute atomic E-state index is 0.185. The Balaban J connectivity index is 3.06. The maximum Gasteiger partial charge on any atom is 0.0591 e. The molecule has 0 aromatic heterocycles. The van der Waals surface area contributed by atoms with Crippen LogP contribution in [0, 0.1) is 0 Å². The Morgan fingerprint density at radius 2 is 1.73 bits per heavy atom. The molecule has 0 aromatic carbocycles. The van der Waals surface area contributed by atoms with Crippen LogP contribution in [0.5, 0.6) is 0 Å². The Labute approximate surface area is 94.5 Å². The minimum atomic E-state index is 0.185. The van der Waals surface area contributed by atoms with Crippen molar-refractivity contribution in [3.63, 3.8) is 0 Å². The fourth-order valence-corrected chi connectivity index (χ4v) is 1.08. The molecular weight excluding hydrogens is 190 g/mol. The fourth-order valence-electron chi connectivity index (χ4n) is 1.08. The van der Waals surface area contributed by atoms with Crippen molar-refractivity contribution < 1.29 is 9.47 Å². The predicted molar refractivity (Wildman–Crippen MR) is 64.3 cm³/mol. The van der Waals surface area contributed by atoms with Gasteiger partial charge in [-0.3, -0.25) is 0 Å². The van der Waals surface area contributed by atoms with Crippen LogP contribution in [-0.4, -0.2) is 38.0 Å². The first kappa shape index (κ1) is 14.9. The highest BCUT2D eigenvalue weighted by Gasteiger charge is 2.06. The molecule has 0 saturated heterocycles. The van der Waals surface area contributed by atoms with Crippen LogP contribution < -0.4 is 5.32 Å². The molecule has 0 aliphatic heterocycles. The van der Waals surface area contributed by atoms with E-state index < -0.39 is 0 Å². The van der Waals surface area contributed by atoms with Crippen molar-refractivity contribution in [3.05, 3.63) is 0 Å². The molecule has 15 heavy (non-hydrogen) atoms. The number of hydrogen-bond donors (Lipinski definition) is 1. The smallest absolute Gasteiger partial charge is 0.0591 e. The molecule has 3 heteroatoms. The molecule has 0 aliphatic carbocycles. The van der Waals surface area contributed by atoms with Gasteiger partial charge in [0.05, 0.1) is 12.7 Å². The Bertz CT molecular complexity index is 141. The van der Waals surface area contributed by atoms with Crippen molar-refractivity contribution in [2.45, 2.75) is 52.7 Å². The highest BCUT2D eigenvalue weighted by atomic mass is 16.5. The highest BCUT2D eigenvalue weighted by molar-refractivity contribution is 4.69. The fraction of sp³-hybridized carbons (Fsp3) is 1.00. The van der Waals surface area contributed by atoms with Gasteiger partial charge < -0.3 is 14.8 Å². The summed E-state index contributed by atoms with van der Waals surface area (Å²) in [6.45, 7) is 13.8. The first-order valence-corrected chi connectivity index (χ1v) is 5.86. The summed E-state index contributed by atoms with van der Waals surface area (Å²) >= 11 is 0. The molecule has 0 rings (SSSR count). The minimum Gasteiger partial charge on any atom is -0.380 e. The Morgan fingerprint density at radius 3 is 2.27 bits per heavy atom. The summed E-state index contributed by atoms with van der Waals surface area (Å²) in [6, 6.07) is 0. The van der Waals surface area contributed by atoms with Crippen molar-refractivity contribution in [2.75, 3.05) is 26.4 Å². The van der Waals surface area contributed by atoms with E-state index in [4.69, 9.17) is 9.47 Å². The maximum atomic E-state index is 5.47. The quantitative estimate of drug-likeness (QED) is 0.632. The van der Waals surface area contributed by atoms with Gasteiger partial charge in [0.15, 0.2) is 0 Å². The number of nitrogens with one attached hydrogen (secondary N) is 1. The van der Waals surface area contributed by atoms with Crippen LogP contribution in [0.3, 0.4) is 0 Å². The van der Waals surface area contributed by atoms with Crippen LogP contribution in [0.4, 0.5) is 0 Å². The lowest BCUT2D eigenvalue weighted by Gasteiger charge is -2.20. The summed E-state index contributed by atoms with van der Waals surface area (Å²) in [5.41, 5.74) is 0.185. The van der Waals surface area contributed by atoms with Crippen LogP contribution in [-0.2, 0) is 9.47 Å². The topological polar surface area (TPSA) is 30.5 Å². The Morgan fingerprint density at radius 1 is 1.07 bits per heavy atom. The summed E-state index contributed by atoms with van der Waals surface area (Å²) in [6.07, 6.45) is 1.31. The molecule has 92 valence electrons. The maximum absolute atomic E-state index is 5.47. The largest absolute Gasteiger partial charge is 0.380 e. The summed E-state index contributed by atoms with van der Waals surface area (Å²) in [4.78, 5) is 0. The van der Waals surface area contributed by atoms with Gasteiger partial charge in [-0.25, -0.2) is 0 Å². The van der Waals surface area contributed by atoms with Gasteiger partial charge >= 0.3 is 0 Å². The zero-order valence-corrected chi connectivity index (χ0v) is 10.9. The Kier molecular flexibility index (Phi) is 8.02. The van der Waals surface area contributed by atoms with E-state index in [1.165, 1.54) is 0 Å². The third-order valence-corrected chi connectivity index (χ3v) is 1.79. The molecular formula is C12H27NO2. The molecule has 0 radical (unpaired) electrons. The second-order valence-electron chi connectivity index (χ2n) is 5.06. The van der Waals surface area contributed by atoms with Crippen molar-refractivity contribution >= 4 is 0 Å². The third-order valence-electron chi connectivity index (χ3n) is 1.79. The molecule has 0 aromatic rings. The van der Waals surface area contributed by atoms with Crippen molar-refractivity contribution in [2.24, 2.45) is 0 Å². The molecule has 0 unspecified atom stereocenters. The van der Waals surface area contributed by atoms with E-state index in [-0.39, 0.29) is 5.54 Å². The van der Waals surface area contributed by atoms with E-state index in [2.05, 4.69) is 26.1 Å². The van der Waals surface area contributed by atoms with E-state index >= 15 is 0 Å². The first-order valence-electron chi connectivity index (χ1n) is 5.86. The number of rotatable bonds is 8. The molecule has 1 N–H and O–H groups in total. The third kappa shape index (κ3) is 13.9. The van der Waals surface area contributed by atoms with Gasteiger partial charge in [-0.05, 0) is 41.0 Å². The van der Waals surface area contributed by atoms with Gasteiger partial charge in [0.2, 0.25) is 0 Å². The van der Waals surface area contributed by atoms with E-state index in [0.717, 1.165) is 32.8 Å². The lowest BCUT2D eigenvalue weighted by molar-refractivity contribution is 0.0512. The van der Waals surface area contributed by atoms with Gasteiger partial charge in [-0.15, -0.1) is 0 Å². The predicted octanol–water partition coefficient (Wildman–Crippen LogP) is 2.21. The van der Waals surface area contributed by atoms with Gasteiger partial charge in [-0.2, -0.15) is 0 Å². The first-order chi connectivity index (χ1) is 6.92. The van der Waals surface area contributed by atoms with Crippen LogP contribution in [0.25, 0.3) is 0 Å². The second kappa shape index (κ2) is 8.08. The summed E-state index contributed by atoms with van der Waals surface area (Å²) in [5, 5.41) is 3.37. The lowest BCUT2D eigenvalue weighted by Crippen LogP contribution is -2.38. The standard InChI is InChI=1S/C12H27NO2/c1-11(2)15-9-6-8-14-10-7-13-12(3,4)5/h11,13H,6-10H2,1-5H3. The van der Waals surface area contributed by atoms with E-state index in [0.29, 0.717) is 6.10 Å². The lowest BCUT2D eigenvalue weighted by atomic mass is 10.1. The summed E-state index contributed by atoms with van der Waals surface area (Å²) in [7, 11) is 0. The highest BCUT2D eigenvalue weighted by Crippen LogP contribution is 1.97. The van der Waals surface area contributed by atoms with Crippen molar-refractivity contribution in [3.8, 4) is 0 Å². The molecule has 0 saturated carbocycles. The zero-order valence-electron chi connectivity index (χ0n) is 10.9. The average molecular weight is 217 g/mol. The van der Waals surface area contributed by atoms with Crippen LogP contribution in [0.2, 0.25) is 0 Å². The van der Waals surface area contributed by atoms with Gasteiger partial charge in [0.1, 0.15) is 0 Å². The van der Waals surface area contributed by atoms with E-state index in [9.17, 15) is 0 Å². The van der Waals surface area contributed by atoms with E-state index in [1.807, 2.05) is 13.8 Å². The molecule has 0 spiro atoms. The molecule has 0 heterocycles. The Hall–Kier alpha value is -0.120. The average Bonchev–Trinajstić information content (AvgIpc) is 2.07. The second-order valence-corrected chi connectivity index (χ2v) is 5.06. The molecule has 0 bridgehead atoms. The van der Waals surface area contributed by atoms with Crippen molar-refractivity contribution in [1.82, 2.24) is 5.32 Å². The molecule has 0 atom stereocenters. The van der Waals surface area contributed by atoms with Gasteiger partial charge in [0, 0.05) is 25.3 Å². The zero-order chi connectivity index (χ0) is 11.7. The molecule has 0 fully saturated rings. The van der Waals surface area contributed by atoms with E-state index in [1.54, 1.807) is 0 Å². The van der Waals surface area contributed by atoms with Crippen LogP contribution >= 0.6 is 0 Å². The molecule has 3 nitrogen and oxygen atoms in total. The van der Waals surface area contributed by atoms with Crippen molar-refractivity contribution in [1.29, 1.82) is 0 Å².